The molecule has 1 amide bonds. The molecule has 0 N–H and O–H groups in total. The van der Waals surface area contributed by atoms with Crippen LogP contribution in [0.5, 0.6) is 0 Å². The summed E-state index contributed by atoms with van der Waals surface area (Å²) in [6.45, 7) is 5.76. The zero-order valence-corrected chi connectivity index (χ0v) is 17.1. The molecule has 2 heterocycles. The van der Waals surface area contributed by atoms with Crippen LogP contribution in [0, 0.1) is 11.3 Å². The number of nitriles is 1. The number of hydrogen-bond acceptors (Lipinski definition) is 6. The van der Waals surface area contributed by atoms with Crippen LogP contribution in [0.15, 0.2) is 30.3 Å². The molecule has 1 aromatic carbocycles. The van der Waals surface area contributed by atoms with Crippen molar-refractivity contribution in [1.29, 1.82) is 5.26 Å². The first-order valence-corrected chi connectivity index (χ1v) is 9.60. The smallest absolute Gasteiger partial charge is 0.410 e. The van der Waals surface area contributed by atoms with Gasteiger partial charge in [0.25, 0.3) is 0 Å². The molecule has 3 rings (SSSR count). The van der Waals surface area contributed by atoms with E-state index in [0.29, 0.717) is 25.2 Å². The highest BCUT2D eigenvalue weighted by Gasteiger charge is 2.41. The van der Waals surface area contributed by atoms with Gasteiger partial charge in [-0.3, -0.25) is 9.69 Å². The molecule has 8 nitrogen and oxygen atoms in total. The topological polar surface area (TPSA) is 101 Å². The van der Waals surface area contributed by atoms with E-state index in [2.05, 4.69) is 16.3 Å². The van der Waals surface area contributed by atoms with Crippen molar-refractivity contribution >= 4 is 11.9 Å². The molecule has 1 saturated heterocycles. The molecule has 0 radical (unpaired) electrons. The van der Waals surface area contributed by atoms with Gasteiger partial charge in [0, 0.05) is 19.2 Å². The molecule has 0 aliphatic carbocycles. The van der Waals surface area contributed by atoms with Gasteiger partial charge < -0.3 is 9.30 Å². The number of carbonyl (C=O) groups is 2. The Morgan fingerprint density at radius 2 is 1.93 bits per heavy atom. The van der Waals surface area contributed by atoms with Crippen LogP contribution in [0.1, 0.15) is 45.4 Å². The van der Waals surface area contributed by atoms with Crippen LogP contribution < -0.4 is 0 Å². The number of hydrogen-bond donors (Lipinski definition) is 0. The summed E-state index contributed by atoms with van der Waals surface area (Å²) in [6, 6.07) is 10.8. The zero-order chi connectivity index (χ0) is 21.2. The monoisotopic (exact) mass is 395 g/mol. The largest absolute Gasteiger partial charge is 0.444 e. The number of Topliss-reactive ketones (excluding diaryl/α,β-unsaturated/α-hetero) is 1. The van der Waals surface area contributed by atoms with Crippen molar-refractivity contribution < 1.29 is 14.3 Å². The van der Waals surface area contributed by atoms with Gasteiger partial charge in [-0.05, 0) is 33.6 Å². The first kappa shape index (κ1) is 20.5. The van der Waals surface area contributed by atoms with Gasteiger partial charge in [0.1, 0.15) is 5.60 Å². The van der Waals surface area contributed by atoms with E-state index < -0.39 is 23.7 Å². The van der Waals surface area contributed by atoms with E-state index in [1.54, 1.807) is 32.4 Å². The maximum atomic E-state index is 13.2. The Morgan fingerprint density at radius 3 is 2.55 bits per heavy atom. The minimum Gasteiger partial charge on any atom is -0.444 e. The molecule has 8 heteroatoms. The quantitative estimate of drug-likeness (QED) is 0.788. The lowest BCUT2D eigenvalue weighted by Crippen LogP contribution is -2.45. The van der Waals surface area contributed by atoms with Crippen molar-refractivity contribution in [2.45, 2.75) is 51.2 Å². The Kier molecular flexibility index (Phi) is 5.69. The Bertz CT molecular complexity index is 939. The number of amides is 1. The summed E-state index contributed by atoms with van der Waals surface area (Å²) in [6.07, 6.45) is 0.648. The van der Waals surface area contributed by atoms with Crippen molar-refractivity contribution in [3.05, 3.63) is 36.2 Å². The Hall–Kier alpha value is -3.21. The van der Waals surface area contributed by atoms with Crippen molar-refractivity contribution in [2.75, 3.05) is 6.54 Å². The van der Waals surface area contributed by atoms with Gasteiger partial charge in [-0.25, -0.2) is 4.79 Å². The zero-order valence-electron chi connectivity index (χ0n) is 17.1. The molecule has 1 aliphatic heterocycles. The third-order valence-corrected chi connectivity index (χ3v) is 4.82. The minimum absolute atomic E-state index is 0.271. The molecule has 152 valence electrons. The molecule has 2 atom stereocenters. The molecular formula is C21H25N5O3. The summed E-state index contributed by atoms with van der Waals surface area (Å²) in [7, 11) is 1.73. The highest BCUT2D eigenvalue weighted by Crippen LogP contribution is 2.28. The van der Waals surface area contributed by atoms with Crippen molar-refractivity contribution in [2.24, 2.45) is 7.05 Å². The lowest BCUT2D eigenvalue weighted by Gasteiger charge is -2.28. The van der Waals surface area contributed by atoms with Gasteiger partial charge >= 0.3 is 6.09 Å². The average Bonchev–Trinajstić information content (AvgIpc) is 3.29. The van der Waals surface area contributed by atoms with Crippen LogP contribution >= 0.6 is 0 Å². The number of ketones is 1. The number of benzene rings is 1. The summed E-state index contributed by atoms with van der Waals surface area (Å²) in [5, 5.41) is 18.0. The molecular weight excluding hydrogens is 370 g/mol. The Labute approximate surface area is 170 Å². The second-order valence-corrected chi connectivity index (χ2v) is 8.10. The molecule has 1 aromatic heterocycles. The van der Waals surface area contributed by atoms with E-state index in [1.807, 2.05) is 30.3 Å². The van der Waals surface area contributed by atoms with Crippen LogP contribution in [0.3, 0.4) is 0 Å². The number of ether oxygens (including phenoxy) is 1. The van der Waals surface area contributed by atoms with Crippen molar-refractivity contribution in [3.63, 3.8) is 0 Å². The lowest BCUT2D eigenvalue weighted by atomic mass is 9.97. The van der Waals surface area contributed by atoms with Gasteiger partial charge in [0.05, 0.1) is 12.1 Å². The van der Waals surface area contributed by atoms with E-state index in [1.165, 1.54) is 4.90 Å². The summed E-state index contributed by atoms with van der Waals surface area (Å²) >= 11 is 0. The van der Waals surface area contributed by atoms with Crippen LogP contribution in [0.4, 0.5) is 4.79 Å². The van der Waals surface area contributed by atoms with Crippen LogP contribution in [0.2, 0.25) is 0 Å². The Balaban J connectivity index is 1.85. The van der Waals surface area contributed by atoms with Crippen molar-refractivity contribution in [1.82, 2.24) is 19.7 Å². The molecule has 0 bridgehead atoms. The minimum atomic E-state index is -1.11. The van der Waals surface area contributed by atoms with E-state index in [-0.39, 0.29) is 11.6 Å². The van der Waals surface area contributed by atoms with Crippen LogP contribution in [0.25, 0.3) is 11.4 Å². The van der Waals surface area contributed by atoms with Gasteiger partial charge in [0.15, 0.2) is 23.3 Å². The standard InChI is InChI=1S/C21H25N5O3/c1-21(2,3)29-20(28)26-12-8-11-16(26)17(27)15(13-22)19-24-23-18(25(19)4)14-9-6-5-7-10-14/h5-7,9-10,15-16H,8,11-12H2,1-4H3. The first-order valence-electron chi connectivity index (χ1n) is 9.60. The van der Waals surface area contributed by atoms with Gasteiger partial charge in [0.2, 0.25) is 0 Å². The van der Waals surface area contributed by atoms with Crippen LogP contribution in [-0.4, -0.2) is 49.7 Å². The van der Waals surface area contributed by atoms with Gasteiger partial charge in [-0.15, -0.1) is 10.2 Å². The SMILES string of the molecule is Cn1c(-c2ccccc2)nnc1C(C#N)C(=O)C1CCCN1C(=O)OC(C)(C)C. The lowest BCUT2D eigenvalue weighted by molar-refractivity contribution is -0.123. The third-order valence-electron chi connectivity index (χ3n) is 4.82. The number of rotatable bonds is 4. The number of likely N-dealkylation sites (tertiary alicyclic amines) is 1. The van der Waals surface area contributed by atoms with Crippen molar-refractivity contribution in [3.8, 4) is 17.5 Å². The average molecular weight is 395 g/mol. The molecule has 2 unspecified atom stereocenters. The molecule has 29 heavy (non-hydrogen) atoms. The fourth-order valence-electron chi connectivity index (χ4n) is 3.47. The molecule has 0 saturated carbocycles. The summed E-state index contributed by atoms with van der Waals surface area (Å²) in [5.41, 5.74) is 0.185. The van der Waals surface area contributed by atoms with Crippen LogP contribution in [-0.2, 0) is 16.6 Å². The highest BCUT2D eigenvalue weighted by molar-refractivity contribution is 5.94. The second kappa shape index (κ2) is 8.03. The number of carbonyl (C=O) groups excluding carboxylic acids is 2. The summed E-state index contributed by atoms with van der Waals surface area (Å²) < 4.78 is 7.09. The number of nitrogens with zero attached hydrogens (tertiary/aromatic N) is 5. The molecule has 1 aliphatic rings. The molecule has 0 spiro atoms. The van der Waals surface area contributed by atoms with Gasteiger partial charge in [-0.1, -0.05) is 30.3 Å². The predicted octanol–water partition coefficient (Wildman–Crippen LogP) is 3.06. The van der Waals surface area contributed by atoms with E-state index >= 15 is 0 Å². The second-order valence-electron chi connectivity index (χ2n) is 8.10. The molecule has 1 fully saturated rings. The van der Waals surface area contributed by atoms with E-state index in [0.717, 1.165) is 5.56 Å². The van der Waals surface area contributed by atoms with Gasteiger partial charge in [-0.2, -0.15) is 5.26 Å². The fourth-order valence-corrected chi connectivity index (χ4v) is 3.47. The van der Waals surface area contributed by atoms with E-state index in [9.17, 15) is 14.9 Å². The summed E-state index contributed by atoms with van der Waals surface area (Å²) in [5.74, 6) is -0.625. The van der Waals surface area contributed by atoms with E-state index in [4.69, 9.17) is 4.74 Å². The number of aromatic nitrogens is 3. The first-order chi connectivity index (χ1) is 13.7. The summed E-state index contributed by atoms with van der Waals surface area (Å²) in [4.78, 5) is 27.1. The maximum Gasteiger partial charge on any atom is 0.410 e. The third kappa shape index (κ3) is 4.29. The fraction of sp³-hybridized carbons (Fsp3) is 0.476. The highest BCUT2D eigenvalue weighted by atomic mass is 16.6. The molecule has 2 aromatic rings. The predicted molar refractivity (Wildman–Crippen MR) is 106 cm³/mol. The maximum absolute atomic E-state index is 13.2. The Morgan fingerprint density at radius 1 is 1.24 bits per heavy atom. The normalized spacial score (nSPS) is 17.6.